The van der Waals surface area contributed by atoms with Gasteiger partial charge in [-0.2, -0.15) is 0 Å². The van der Waals surface area contributed by atoms with Crippen LogP contribution in [0.15, 0.2) is 5.38 Å². The lowest BCUT2D eigenvalue weighted by Gasteiger charge is -2.19. The number of thiazole rings is 1. The van der Waals surface area contributed by atoms with Gasteiger partial charge in [-0.25, -0.2) is 13.4 Å². The minimum atomic E-state index is -2.76. The molecule has 0 radical (unpaired) electrons. The maximum absolute atomic E-state index is 11.3. The third kappa shape index (κ3) is 2.81. The predicted molar refractivity (Wildman–Crippen MR) is 65.5 cm³/mol. The fraction of sp³-hybridized carbons (Fsp3) is 0.700. The van der Waals surface area contributed by atoms with Crippen molar-refractivity contribution in [2.45, 2.75) is 25.3 Å². The summed E-state index contributed by atoms with van der Waals surface area (Å²) in [4.78, 5) is 4.53. The second-order valence-corrected chi connectivity index (χ2v) is 7.33. The molecule has 1 fully saturated rings. The zero-order valence-electron chi connectivity index (χ0n) is 9.27. The Kier molecular flexibility index (Phi) is 3.61. The Bertz CT molecular complexity index is 439. The second kappa shape index (κ2) is 4.81. The molecule has 1 aliphatic heterocycles. The highest BCUT2D eigenvalue weighted by Gasteiger charge is 2.26. The molecular weight excluding hydrogens is 244 g/mol. The van der Waals surface area contributed by atoms with Crippen molar-refractivity contribution in [2.75, 3.05) is 18.6 Å². The highest BCUT2D eigenvalue weighted by Crippen LogP contribution is 2.31. The molecule has 0 bridgehead atoms. The largest absolute Gasteiger partial charge is 0.314 e. The molecule has 1 aromatic rings. The van der Waals surface area contributed by atoms with Gasteiger partial charge in [0.15, 0.2) is 0 Å². The van der Waals surface area contributed by atoms with Gasteiger partial charge < -0.3 is 5.32 Å². The van der Waals surface area contributed by atoms with Crippen LogP contribution in [0, 0.1) is 0 Å². The van der Waals surface area contributed by atoms with Gasteiger partial charge in [0.2, 0.25) is 0 Å². The number of sulfone groups is 1. The monoisotopic (exact) mass is 260 g/mol. The van der Waals surface area contributed by atoms with Crippen molar-refractivity contribution in [3.63, 3.8) is 0 Å². The van der Waals surface area contributed by atoms with Crippen molar-refractivity contribution in [1.82, 2.24) is 10.3 Å². The second-order valence-electron chi connectivity index (χ2n) is 4.13. The van der Waals surface area contributed by atoms with E-state index in [0.717, 1.165) is 30.1 Å². The zero-order chi connectivity index (χ0) is 11.6. The summed E-state index contributed by atoms with van der Waals surface area (Å²) in [5.74, 6) is 0.983. The maximum atomic E-state index is 11.3. The van der Waals surface area contributed by atoms with Crippen molar-refractivity contribution in [3.05, 3.63) is 16.1 Å². The smallest absolute Gasteiger partial charge is 0.150 e. The minimum Gasteiger partial charge on any atom is -0.314 e. The molecule has 1 saturated heterocycles. The summed E-state index contributed by atoms with van der Waals surface area (Å²) in [6.07, 6.45) is 1.46. The van der Waals surface area contributed by atoms with E-state index in [1.807, 2.05) is 7.05 Å². The molecular formula is C10H16N2O2S2. The van der Waals surface area contributed by atoms with E-state index >= 15 is 0 Å². The van der Waals surface area contributed by atoms with Crippen LogP contribution in [0.4, 0.5) is 0 Å². The lowest BCUT2D eigenvalue weighted by Crippen LogP contribution is -2.22. The first kappa shape index (κ1) is 12.0. The molecule has 2 rings (SSSR count). The minimum absolute atomic E-state index is 0.318. The normalized spacial score (nSPS) is 21.1. The number of nitrogens with zero attached hydrogens (tertiary/aromatic N) is 1. The molecule has 0 atom stereocenters. The number of hydrogen-bond donors (Lipinski definition) is 1. The summed E-state index contributed by atoms with van der Waals surface area (Å²) in [6.45, 7) is 0.779. The van der Waals surface area contributed by atoms with E-state index in [4.69, 9.17) is 0 Å². The Morgan fingerprint density at radius 1 is 1.50 bits per heavy atom. The van der Waals surface area contributed by atoms with E-state index in [2.05, 4.69) is 15.7 Å². The lowest BCUT2D eigenvalue weighted by atomic mass is 10.0. The Morgan fingerprint density at radius 2 is 2.19 bits per heavy atom. The molecule has 2 heterocycles. The van der Waals surface area contributed by atoms with Crippen molar-refractivity contribution in [3.8, 4) is 0 Å². The highest BCUT2D eigenvalue weighted by molar-refractivity contribution is 7.91. The Morgan fingerprint density at radius 3 is 2.81 bits per heavy atom. The van der Waals surface area contributed by atoms with Gasteiger partial charge in [-0.05, 0) is 19.9 Å². The molecule has 6 heteroatoms. The van der Waals surface area contributed by atoms with Gasteiger partial charge >= 0.3 is 0 Å². The van der Waals surface area contributed by atoms with Gasteiger partial charge in [0, 0.05) is 17.8 Å². The number of rotatable bonds is 3. The molecule has 0 saturated carbocycles. The molecule has 0 aliphatic carbocycles. The fourth-order valence-electron chi connectivity index (χ4n) is 1.91. The molecule has 4 nitrogen and oxygen atoms in total. The van der Waals surface area contributed by atoms with E-state index in [0.29, 0.717) is 17.4 Å². The summed E-state index contributed by atoms with van der Waals surface area (Å²) in [5.41, 5.74) is 1.05. The van der Waals surface area contributed by atoms with E-state index < -0.39 is 9.84 Å². The molecule has 0 aromatic carbocycles. The van der Waals surface area contributed by atoms with Gasteiger partial charge in [0.05, 0.1) is 22.2 Å². The Hall–Kier alpha value is -0.460. The summed E-state index contributed by atoms with van der Waals surface area (Å²) in [6, 6.07) is 0. The van der Waals surface area contributed by atoms with Crippen LogP contribution in [0.3, 0.4) is 0 Å². The Labute approximate surface area is 100 Å². The van der Waals surface area contributed by atoms with Gasteiger partial charge in [0.1, 0.15) is 9.84 Å². The number of nitrogens with one attached hydrogen (secondary N) is 1. The maximum Gasteiger partial charge on any atom is 0.150 e. The van der Waals surface area contributed by atoms with Crippen LogP contribution in [0.25, 0.3) is 0 Å². The topological polar surface area (TPSA) is 59.1 Å². The van der Waals surface area contributed by atoms with Crippen LogP contribution in [0.1, 0.15) is 29.5 Å². The Balaban J connectivity index is 2.02. The zero-order valence-corrected chi connectivity index (χ0v) is 10.9. The standard InChI is InChI=1S/C10H16N2O2S2/c1-11-6-9-7-15-10(12-9)8-2-4-16(13,14)5-3-8/h7-8,11H,2-6H2,1H3. The van der Waals surface area contributed by atoms with Crippen LogP contribution in [0.2, 0.25) is 0 Å². The molecule has 0 unspecified atom stereocenters. The van der Waals surface area contributed by atoms with Crippen molar-refractivity contribution in [1.29, 1.82) is 0 Å². The van der Waals surface area contributed by atoms with E-state index in [1.165, 1.54) is 0 Å². The van der Waals surface area contributed by atoms with E-state index in [9.17, 15) is 8.42 Å². The number of hydrogen-bond acceptors (Lipinski definition) is 5. The molecule has 16 heavy (non-hydrogen) atoms. The third-order valence-corrected chi connectivity index (χ3v) is 5.60. The van der Waals surface area contributed by atoms with Gasteiger partial charge in [-0.15, -0.1) is 11.3 Å². The molecule has 0 spiro atoms. The summed E-state index contributed by atoms with van der Waals surface area (Å²) in [7, 11) is -0.868. The van der Waals surface area contributed by atoms with E-state index in [1.54, 1.807) is 11.3 Å². The fourth-order valence-corrected chi connectivity index (χ4v) is 4.39. The van der Waals surface area contributed by atoms with Gasteiger partial charge in [-0.3, -0.25) is 0 Å². The average Bonchev–Trinajstić information content (AvgIpc) is 2.67. The SMILES string of the molecule is CNCc1csc(C2CCS(=O)(=O)CC2)n1. The summed E-state index contributed by atoms with van der Waals surface area (Å²) >= 11 is 1.65. The predicted octanol–water partition coefficient (Wildman–Crippen LogP) is 1.15. The summed E-state index contributed by atoms with van der Waals surface area (Å²) < 4.78 is 22.6. The molecule has 1 aromatic heterocycles. The third-order valence-electron chi connectivity index (χ3n) is 2.83. The van der Waals surface area contributed by atoms with Crippen molar-refractivity contribution in [2.24, 2.45) is 0 Å². The van der Waals surface area contributed by atoms with Crippen molar-refractivity contribution < 1.29 is 8.42 Å². The first-order chi connectivity index (χ1) is 7.61. The van der Waals surface area contributed by atoms with Gasteiger partial charge in [0.25, 0.3) is 0 Å². The molecule has 1 aliphatic rings. The lowest BCUT2D eigenvalue weighted by molar-refractivity contribution is 0.548. The van der Waals surface area contributed by atoms with Gasteiger partial charge in [-0.1, -0.05) is 0 Å². The average molecular weight is 260 g/mol. The van der Waals surface area contributed by atoms with Crippen molar-refractivity contribution >= 4 is 21.2 Å². The first-order valence-corrected chi connectivity index (χ1v) is 8.10. The van der Waals surface area contributed by atoms with Crippen LogP contribution < -0.4 is 5.32 Å². The number of aromatic nitrogens is 1. The van der Waals surface area contributed by atoms with Crippen LogP contribution >= 0.6 is 11.3 Å². The van der Waals surface area contributed by atoms with Crippen LogP contribution in [-0.4, -0.2) is 32.0 Å². The molecule has 1 N–H and O–H groups in total. The van der Waals surface area contributed by atoms with E-state index in [-0.39, 0.29) is 0 Å². The molecule has 0 amide bonds. The quantitative estimate of drug-likeness (QED) is 0.886. The summed E-state index contributed by atoms with van der Waals surface area (Å²) in [5, 5.41) is 6.21. The molecule has 90 valence electrons. The highest BCUT2D eigenvalue weighted by atomic mass is 32.2. The van der Waals surface area contributed by atoms with Crippen LogP contribution in [-0.2, 0) is 16.4 Å². The first-order valence-electron chi connectivity index (χ1n) is 5.40. The van der Waals surface area contributed by atoms with Crippen LogP contribution in [0.5, 0.6) is 0 Å².